The minimum Gasteiger partial charge on any atom is -0.308 e. The molecule has 0 unspecified atom stereocenters. The summed E-state index contributed by atoms with van der Waals surface area (Å²) >= 11 is 0. The van der Waals surface area contributed by atoms with Crippen LogP contribution in [0.5, 0.6) is 0 Å². The first-order valence-corrected chi connectivity index (χ1v) is 26.1. The summed E-state index contributed by atoms with van der Waals surface area (Å²) in [6.45, 7) is 33.8. The molecular weight excluding hydrogens is 966 g/mol. The molecule has 2 aromatic heterocycles. The number of hydrogen-bond donors (Lipinski definition) is 0. The number of fused-ring (bicyclic) bond motifs is 6. The van der Waals surface area contributed by atoms with Crippen molar-refractivity contribution in [1.29, 1.82) is 0 Å². The van der Waals surface area contributed by atoms with E-state index >= 15 is 13.2 Å². The fourth-order valence-corrected chi connectivity index (χ4v) is 12.2. The number of hydrogen-bond acceptors (Lipinski definition) is 0. The van der Waals surface area contributed by atoms with E-state index in [9.17, 15) is 0 Å². The van der Waals surface area contributed by atoms with Crippen LogP contribution in [0.25, 0.3) is 120 Å². The Morgan fingerprint density at radius 3 is 0.936 bits per heavy atom. The van der Waals surface area contributed by atoms with Gasteiger partial charge in [-0.3, -0.25) is 0 Å². The summed E-state index contributed by atoms with van der Waals surface area (Å²) in [6, 6.07) is 59.2. The van der Waals surface area contributed by atoms with E-state index < -0.39 is 11.7 Å². The molecule has 0 fully saturated rings. The van der Waals surface area contributed by atoms with Crippen molar-refractivity contribution in [3.63, 3.8) is 0 Å². The minimum atomic E-state index is -4.83. The van der Waals surface area contributed by atoms with Crippen LogP contribution < -0.4 is 0 Å². The zero-order chi connectivity index (χ0) is 54.5. The fraction of sp³-hybridized carbons (Fsp3) is 0.127. The van der Waals surface area contributed by atoms with Crippen molar-refractivity contribution in [1.82, 2.24) is 9.13 Å². The standard InChI is InChI=1S/C71H53F3N4/c1-40-22-41(2)27-52(26-40)48-14-18-64-56(34-48)57-35-49(53-28-42(3)23-43(4)29-53)15-19-65(57)77(64)68-38-60(70-61(71(72,73)74)12-11-13-62(70)75-9)63(76-10)39-69(68)78-66-20-16-50(54-30-44(5)24-45(6)31-54)36-58(66)59-37-51(17-21-67(59)78)55-32-46(7)25-47(8)33-55/h11-39H,1-8H3. The lowest BCUT2D eigenvalue weighted by molar-refractivity contribution is -0.137. The van der Waals surface area contributed by atoms with E-state index in [1.807, 2.05) is 0 Å². The quantitative estimate of drug-likeness (QED) is 0.142. The third-order valence-corrected chi connectivity index (χ3v) is 15.2. The third kappa shape index (κ3) is 8.59. The van der Waals surface area contributed by atoms with Crippen molar-refractivity contribution in [2.24, 2.45) is 0 Å². The molecule has 0 aliphatic rings. The van der Waals surface area contributed by atoms with E-state index in [4.69, 9.17) is 13.1 Å². The number of alkyl halides is 3. The zero-order valence-electron chi connectivity index (χ0n) is 44.7. The third-order valence-electron chi connectivity index (χ3n) is 15.2. The molecule has 0 aliphatic carbocycles. The van der Waals surface area contributed by atoms with Crippen molar-refractivity contribution in [2.45, 2.75) is 61.6 Å². The van der Waals surface area contributed by atoms with Gasteiger partial charge in [0.25, 0.3) is 0 Å². The maximum atomic E-state index is 15.4. The van der Waals surface area contributed by atoms with Gasteiger partial charge in [0.1, 0.15) is 0 Å². The summed E-state index contributed by atoms with van der Waals surface area (Å²) in [4.78, 5) is 7.71. The maximum absolute atomic E-state index is 15.4. The highest BCUT2D eigenvalue weighted by atomic mass is 19.4. The van der Waals surface area contributed by atoms with Gasteiger partial charge in [-0.25, -0.2) is 9.69 Å². The van der Waals surface area contributed by atoms with Gasteiger partial charge in [0, 0.05) is 21.5 Å². The van der Waals surface area contributed by atoms with Crippen LogP contribution in [-0.2, 0) is 6.18 Å². The summed E-state index contributed by atoms with van der Waals surface area (Å²) in [5.41, 5.74) is 20.7. The average Bonchev–Trinajstić information content (AvgIpc) is 4.06. The molecule has 10 aromatic carbocycles. The van der Waals surface area contributed by atoms with Crippen LogP contribution in [0.2, 0.25) is 0 Å². The van der Waals surface area contributed by atoms with E-state index in [0.717, 1.165) is 139 Å². The number of benzene rings is 10. The zero-order valence-corrected chi connectivity index (χ0v) is 44.7. The summed E-state index contributed by atoms with van der Waals surface area (Å²) in [7, 11) is 0. The monoisotopic (exact) mass is 1020 g/mol. The Hall–Kier alpha value is -9.43. The molecule has 0 bridgehead atoms. The van der Waals surface area contributed by atoms with Crippen LogP contribution in [0.4, 0.5) is 24.5 Å². The van der Waals surface area contributed by atoms with Gasteiger partial charge in [-0.1, -0.05) is 160 Å². The van der Waals surface area contributed by atoms with E-state index in [1.165, 1.54) is 12.1 Å². The van der Waals surface area contributed by atoms with E-state index in [-0.39, 0.29) is 22.5 Å². The Labute approximate surface area is 452 Å². The summed E-state index contributed by atoms with van der Waals surface area (Å²) in [6.07, 6.45) is -4.83. The van der Waals surface area contributed by atoms with Crippen molar-refractivity contribution in [3.8, 4) is 67.0 Å². The van der Waals surface area contributed by atoms with Gasteiger partial charge in [-0.15, -0.1) is 0 Å². The average molecular weight is 1020 g/mol. The Bertz CT molecular complexity index is 4310. The maximum Gasteiger partial charge on any atom is 0.415 e. The van der Waals surface area contributed by atoms with E-state index in [2.05, 4.69) is 220 Å². The SMILES string of the molecule is [C-]#[N+]c1cc(-n2c3ccc(-c4cc(C)cc(C)c4)cc3c3cc(-c4cc(C)cc(C)c4)ccc32)c(-n2c3ccc(-c4cc(C)cc(C)c4)cc3c3cc(-c4cc(C)cc(C)c4)ccc32)cc1-c1c([N+]#[C-])cccc1C(F)(F)F. The highest BCUT2D eigenvalue weighted by Crippen LogP contribution is 2.50. The second-order valence-electron chi connectivity index (χ2n) is 21.4. The lowest BCUT2D eigenvalue weighted by atomic mass is 9.94. The van der Waals surface area contributed by atoms with Gasteiger partial charge >= 0.3 is 6.18 Å². The van der Waals surface area contributed by atoms with Crippen LogP contribution in [0.15, 0.2) is 176 Å². The Kier molecular flexibility index (Phi) is 11.8. The smallest absolute Gasteiger partial charge is 0.308 e. The van der Waals surface area contributed by atoms with Crippen molar-refractivity contribution in [2.75, 3.05) is 0 Å². The molecule has 0 atom stereocenters. The molecule has 78 heavy (non-hydrogen) atoms. The first kappa shape index (κ1) is 49.4. The number of aromatic nitrogens is 2. The second-order valence-corrected chi connectivity index (χ2v) is 21.4. The molecule has 12 rings (SSSR count). The Balaban J connectivity index is 1.24. The number of aryl methyl sites for hydroxylation is 8. The van der Waals surface area contributed by atoms with Gasteiger partial charge in [0.15, 0.2) is 11.4 Å². The predicted molar refractivity (Wildman–Crippen MR) is 318 cm³/mol. The Morgan fingerprint density at radius 1 is 0.333 bits per heavy atom. The molecule has 0 spiro atoms. The largest absolute Gasteiger partial charge is 0.415 e. The molecule has 0 amide bonds. The van der Waals surface area contributed by atoms with Crippen molar-refractivity contribution in [3.05, 3.63) is 249 Å². The molecule has 4 nitrogen and oxygen atoms in total. The molecule has 0 N–H and O–H groups in total. The van der Waals surface area contributed by atoms with Crippen LogP contribution in [0, 0.1) is 68.5 Å². The van der Waals surface area contributed by atoms with Crippen molar-refractivity contribution < 1.29 is 13.2 Å². The molecule has 12 aromatic rings. The fourth-order valence-electron chi connectivity index (χ4n) is 12.2. The Morgan fingerprint density at radius 2 is 0.641 bits per heavy atom. The first-order valence-electron chi connectivity index (χ1n) is 26.1. The van der Waals surface area contributed by atoms with Crippen molar-refractivity contribution >= 4 is 55.0 Å². The number of halogens is 3. The predicted octanol–water partition coefficient (Wildman–Crippen LogP) is 20.8. The highest BCUT2D eigenvalue weighted by molar-refractivity contribution is 6.14. The molecule has 0 saturated carbocycles. The number of rotatable bonds is 7. The summed E-state index contributed by atoms with van der Waals surface area (Å²) in [5.74, 6) is 0. The number of nitrogens with zero attached hydrogens (tertiary/aromatic N) is 4. The summed E-state index contributed by atoms with van der Waals surface area (Å²) in [5, 5.41) is 3.85. The van der Waals surface area contributed by atoms with Gasteiger partial charge in [-0.05, 0) is 172 Å². The van der Waals surface area contributed by atoms with Gasteiger partial charge < -0.3 is 9.13 Å². The lowest BCUT2D eigenvalue weighted by Gasteiger charge is -2.22. The molecular formula is C71H53F3N4. The molecule has 0 aliphatic heterocycles. The van der Waals surface area contributed by atoms with Crippen LogP contribution in [-0.4, -0.2) is 9.13 Å². The first-order chi connectivity index (χ1) is 37.4. The second kappa shape index (κ2) is 18.7. The normalized spacial score (nSPS) is 11.8. The minimum absolute atomic E-state index is 0.0148. The van der Waals surface area contributed by atoms with Crippen LogP contribution in [0.1, 0.15) is 50.1 Å². The van der Waals surface area contributed by atoms with Crippen LogP contribution >= 0.6 is 0 Å². The highest BCUT2D eigenvalue weighted by Gasteiger charge is 2.36. The molecule has 2 heterocycles. The molecule has 7 heteroatoms. The molecule has 0 radical (unpaired) electrons. The van der Waals surface area contributed by atoms with Gasteiger partial charge in [-0.2, -0.15) is 13.2 Å². The van der Waals surface area contributed by atoms with E-state index in [0.29, 0.717) is 11.4 Å². The molecule has 378 valence electrons. The van der Waals surface area contributed by atoms with E-state index in [1.54, 1.807) is 12.1 Å². The summed E-state index contributed by atoms with van der Waals surface area (Å²) < 4.78 is 50.5. The van der Waals surface area contributed by atoms with Crippen LogP contribution in [0.3, 0.4) is 0 Å². The van der Waals surface area contributed by atoms with Gasteiger partial charge in [0.2, 0.25) is 0 Å². The topological polar surface area (TPSA) is 18.6 Å². The molecule has 0 saturated heterocycles. The van der Waals surface area contributed by atoms with Gasteiger partial charge in [0.05, 0.1) is 52.1 Å². The lowest BCUT2D eigenvalue weighted by Crippen LogP contribution is -2.08.